The average Bonchev–Trinajstić information content (AvgIpc) is 2.84. The van der Waals surface area contributed by atoms with E-state index in [1.54, 1.807) is 6.92 Å². The standard InChI is InChI=1S/C13H13ClFN3O2/c1-3-18(7-12-16-8(2)20-17-12)13(19)9-4-5-11(15)10(14)6-9/h4-6H,3,7H2,1-2H3. The number of rotatable bonds is 4. The number of carbonyl (C=O) groups excluding carboxylic acids is 1. The van der Waals surface area contributed by atoms with E-state index in [-0.39, 0.29) is 17.5 Å². The third kappa shape index (κ3) is 3.14. The first-order valence-corrected chi connectivity index (χ1v) is 6.42. The molecule has 0 spiro atoms. The molecule has 0 fully saturated rings. The molecule has 0 saturated carbocycles. The molecule has 0 radical (unpaired) electrons. The highest BCUT2D eigenvalue weighted by molar-refractivity contribution is 6.31. The van der Waals surface area contributed by atoms with Gasteiger partial charge in [-0.15, -0.1) is 0 Å². The van der Waals surface area contributed by atoms with Crippen molar-refractivity contribution in [3.05, 3.63) is 46.3 Å². The van der Waals surface area contributed by atoms with Gasteiger partial charge in [-0.25, -0.2) is 4.39 Å². The van der Waals surface area contributed by atoms with Gasteiger partial charge in [-0.05, 0) is 25.1 Å². The Balaban J connectivity index is 2.18. The van der Waals surface area contributed by atoms with Crippen molar-refractivity contribution in [1.29, 1.82) is 0 Å². The summed E-state index contributed by atoms with van der Waals surface area (Å²) < 4.78 is 18.0. The topological polar surface area (TPSA) is 59.2 Å². The Bertz CT molecular complexity index is 630. The summed E-state index contributed by atoms with van der Waals surface area (Å²) in [6.45, 7) is 4.19. The SMILES string of the molecule is CCN(Cc1noc(C)n1)C(=O)c1ccc(F)c(Cl)c1. The fourth-order valence-electron chi connectivity index (χ4n) is 1.72. The number of aryl methyl sites for hydroxylation is 1. The first-order valence-electron chi connectivity index (χ1n) is 6.04. The number of aromatic nitrogens is 2. The molecule has 5 nitrogen and oxygen atoms in total. The Morgan fingerprint density at radius 3 is 2.80 bits per heavy atom. The van der Waals surface area contributed by atoms with E-state index in [4.69, 9.17) is 16.1 Å². The number of amides is 1. The summed E-state index contributed by atoms with van der Waals surface area (Å²) in [5, 5.41) is 3.66. The van der Waals surface area contributed by atoms with E-state index in [0.29, 0.717) is 23.8 Å². The first kappa shape index (κ1) is 14.5. The Hall–Kier alpha value is -1.95. The van der Waals surface area contributed by atoms with Gasteiger partial charge in [0.2, 0.25) is 5.89 Å². The number of halogens is 2. The van der Waals surface area contributed by atoms with E-state index in [2.05, 4.69) is 10.1 Å². The molecule has 1 heterocycles. The van der Waals surface area contributed by atoms with Crippen LogP contribution < -0.4 is 0 Å². The maximum Gasteiger partial charge on any atom is 0.254 e. The Morgan fingerprint density at radius 2 is 2.25 bits per heavy atom. The second-order valence-corrected chi connectivity index (χ2v) is 4.59. The number of benzene rings is 1. The molecule has 1 aromatic heterocycles. The van der Waals surface area contributed by atoms with E-state index in [0.717, 1.165) is 0 Å². The third-order valence-corrected chi connectivity index (χ3v) is 3.03. The summed E-state index contributed by atoms with van der Waals surface area (Å²) in [7, 11) is 0. The van der Waals surface area contributed by atoms with Crippen LogP contribution in [0.1, 0.15) is 29.0 Å². The smallest absolute Gasteiger partial charge is 0.254 e. The molecular formula is C13H13ClFN3O2. The van der Waals surface area contributed by atoms with Crippen LogP contribution >= 0.6 is 11.6 Å². The minimum Gasteiger partial charge on any atom is -0.340 e. The van der Waals surface area contributed by atoms with Crippen molar-refractivity contribution in [2.24, 2.45) is 0 Å². The van der Waals surface area contributed by atoms with Crippen molar-refractivity contribution in [3.63, 3.8) is 0 Å². The Labute approximate surface area is 120 Å². The monoisotopic (exact) mass is 297 g/mol. The van der Waals surface area contributed by atoms with Crippen molar-refractivity contribution < 1.29 is 13.7 Å². The van der Waals surface area contributed by atoms with Gasteiger partial charge in [-0.1, -0.05) is 16.8 Å². The molecule has 1 aromatic carbocycles. The van der Waals surface area contributed by atoms with Crippen LogP contribution in [0.4, 0.5) is 4.39 Å². The molecule has 0 bridgehead atoms. The van der Waals surface area contributed by atoms with Gasteiger partial charge in [-0.2, -0.15) is 4.98 Å². The van der Waals surface area contributed by atoms with Crippen LogP contribution in [0.25, 0.3) is 0 Å². The zero-order chi connectivity index (χ0) is 14.7. The van der Waals surface area contributed by atoms with Gasteiger partial charge in [0.05, 0.1) is 11.6 Å². The van der Waals surface area contributed by atoms with Crippen LogP contribution in [0.3, 0.4) is 0 Å². The van der Waals surface area contributed by atoms with Crippen molar-refractivity contribution in [2.45, 2.75) is 20.4 Å². The number of hydrogen-bond acceptors (Lipinski definition) is 4. The van der Waals surface area contributed by atoms with E-state index in [9.17, 15) is 9.18 Å². The first-order chi connectivity index (χ1) is 9.51. The number of nitrogens with zero attached hydrogens (tertiary/aromatic N) is 3. The van der Waals surface area contributed by atoms with Gasteiger partial charge in [0.25, 0.3) is 5.91 Å². The quantitative estimate of drug-likeness (QED) is 0.870. The summed E-state index contributed by atoms with van der Waals surface area (Å²) >= 11 is 5.68. The lowest BCUT2D eigenvalue weighted by molar-refractivity contribution is 0.0747. The maximum absolute atomic E-state index is 13.1. The van der Waals surface area contributed by atoms with Crippen molar-refractivity contribution >= 4 is 17.5 Å². The van der Waals surface area contributed by atoms with Crippen LogP contribution in [-0.4, -0.2) is 27.5 Å². The molecule has 7 heteroatoms. The summed E-state index contributed by atoms with van der Waals surface area (Å²) in [6, 6.07) is 3.87. The van der Waals surface area contributed by atoms with Crippen LogP contribution in [0, 0.1) is 12.7 Å². The summed E-state index contributed by atoms with van der Waals surface area (Å²) in [6.07, 6.45) is 0. The van der Waals surface area contributed by atoms with Gasteiger partial charge in [0, 0.05) is 19.0 Å². The van der Waals surface area contributed by atoms with E-state index < -0.39 is 5.82 Å². The van der Waals surface area contributed by atoms with Crippen molar-refractivity contribution in [1.82, 2.24) is 15.0 Å². The van der Waals surface area contributed by atoms with Crippen molar-refractivity contribution in [3.8, 4) is 0 Å². The Morgan fingerprint density at radius 1 is 1.50 bits per heavy atom. The molecule has 0 aliphatic rings. The largest absolute Gasteiger partial charge is 0.340 e. The van der Waals surface area contributed by atoms with Gasteiger partial charge >= 0.3 is 0 Å². The van der Waals surface area contributed by atoms with Crippen molar-refractivity contribution in [2.75, 3.05) is 6.54 Å². The fraction of sp³-hybridized carbons (Fsp3) is 0.308. The molecule has 0 saturated heterocycles. The maximum atomic E-state index is 13.1. The van der Waals surface area contributed by atoms with E-state index in [1.807, 2.05) is 6.92 Å². The lowest BCUT2D eigenvalue weighted by Crippen LogP contribution is -2.30. The normalized spacial score (nSPS) is 10.6. The highest BCUT2D eigenvalue weighted by Crippen LogP contribution is 2.17. The average molecular weight is 298 g/mol. The second kappa shape index (κ2) is 6.00. The van der Waals surface area contributed by atoms with E-state index in [1.165, 1.54) is 23.1 Å². The Kier molecular flexibility index (Phi) is 4.34. The second-order valence-electron chi connectivity index (χ2n) is 4.18. The minimum absolute atomic E-state index is 0.0812. The molecule has 0 aliphatic heterocycles. The highest BCUT2D eigenvalue weighted by atomic mass is 35.5. The number of hydrogen-bond donors (Lipinski definition) is 0. The fourth-order valence-corrected chi connectivity index (χ4v) is 1.90. The van der Waals surface area contributed by atoms with Crippen LogP contribution in [0.15, 0.2) is 22.7 Å². The summed E-state index contributed by atoms with van der Waals surface area (Å²) in [5.74, 6) is 0.0381. The molecule has 0 aliphatic carbocycles. The molecular weight excluding hydrogens is 285 g/mol. The van der Waals surface area contributed by atoms with Gasteiger partial charge in [0.15, 0.2) is 5.82 Å². The van der Waals surface area contributed by atoms with Gasteiger partial charge in [0.1, 0.15) is 5.82 Å². The molecule has 2 rings (SSSR count). The predicted molar refractivity (Wildman–Crippen MR) is 70.9 cm³/mol. The lowest BCUT2D eigenvalue weighted by atomic mass is 10.2. The molecule has 2 aromatic rings. The molecule has 1 amide bonds. The molecule has 0 unspecified atom stereocenters. The molecule has 20 heavy (non-hydrogen) atoms. The predicted octanol–water partition coefficient (Wildman–Crippen LogP) is 2.83. The van der Waals surface area contributed by atoms with Crippen LogP contribution in [0.2, 0.25) is 5.02 Å². The third-order valence-electron chi connectivity index (χ3n) is 2.74. The lowest BCUT2D eigenvalue weighted by Gasteiger charge is -2.19. The summed E-state index contributed by atoms with van der Waals surface area (Å²) in [5.41, 5.74) is 0.318. The van der Waals surface area contributed by atoms with Gasteiger partial charge < -0.3 is 9.42 Å². The van der Waals surface area contributed by atoms with E-state index >= 15 is 0 Å². The number of carbonyl (C=O) groups is 1. The summed E-state index contributed by atoms with van der Waals surface area (Å²) in [4.78, 5) is 17.9. The van der Waals surface area contributed by atoms with Gasteiger partial charge in [-0.3, -0.25) is 4.79 Å². The zero-order valence-electron chi connectivity index (χ0n) is 11.1. The zero-order valence-corrected chi connectivity index (χ0v) is 11.8. The molecule has 0 atom stereocenters. The van der Waals surface area contributed by atoms with Crippen LogP contribution in [-0.2, 0) is 6.54 Å². The molecule has 106 valence electrons. The van der Waals surface area contributed by atoms with Crippen LogP contribution in [0.5, 0.6) is 0 Å². The minimum atomic E-state index is -0.556. The molecule has 0 N–H and O–H groups in total. The highest BCUT2D eigenvalue weighted by Gasteiger charge is 2.18.